The molecular formula is C21H24N2O. The largest absolute Gasteiger partial charge is 0.352 e. The highest BCUT2D eigenvalue weighted by molar-refractivity contribution is 5.94. The van der Waals surface area contributed by atoms with Crippen LogP contribution in [0.4, 0.5) is 0 Å². The van der Waals surface area contributed by atoms with Crippen LogP contribution in [0.5, 0.6) is 0 Å². The second kappa shape index (κ2) is 6.91. The smallest absolute Gasteiger partial charge is 0.251 e. The van der Waals surface area contributed by atoms with Crippen LogP contribution in [0.1, 0.15) is 33.6 Å². The maximum atomic E-state index is 12.2. The number of nitrogens with one attached hydrogen (secondary N) is 1. The number of nitrogens with zero attached hydrogens (tertiary/aromatic N) is 1. The minimum absolute atomic E-state index is 0.00665. The minimum Gasteiger partial charge on any atom is -0.352 e. The summed E-state index contributed by atoms with van der Waals surface area (Å²) in [6.07, 6.45) is 0.913. The Morgan fingerprint density at radius 3 is 2.58 bits per heavy atom. The van der Waals surface area contributed by atoms with Crippen LogP contribution in [0.3, 0.4) is 0 Å². The van der Waals surface area contributed by atoms with E-state index in [9.17, 15) is 4.79 Å². The average molecular weight is 320 g/mol. The fraction of sp³-hybridized carbons (Fsp3) is 0.286. The van der Waals surface area contributed by atoms with Crippen molar-refractivity contribution in [3.05, 3.63) is 70.9 Å². The van der Waals surface area contributed by atoms with E-state index in [0.717, 1.165) is 24.1 Å². The van der Waals surface area contributed by atoms with Crippen molar-refractivity contribution in [2.75, 3.05) is 6.54 Å². The van der Waals surface area contributed by atoms with Crippen molar-refractivity contribution >= 4 is 16.8 Å². The van der Waals surface area contributed by atoms with Gasteiger partial charge in [-0.05, 0) is 68.0 Å². The van der Waals surface area contributed by atoms with Crippen molar-refractivity contribution in [3.63, 3.8) is 0 Å². The molecule has 0 aliphatic carbocycles. The molecule has 1 heterocycles. The van der Waals surface area contributed by atoms with E-state index < -0.39 is 0 Å². The molecule has 0 aliphatic heterocycles. The Morgan fingerprint density at radius 2 is 1.79 bits per heavy atom. The molecule has 0 radical (unpaired) electrons. The quantitative estimate of drug-likeness (QED) is 0.695. The van der Waals surface area contributed by atoms with Crippen LogP contribution in [-0.4, -0.2) is 17.0 Å². The monoisotopic (exact) mass is 320 g/mol. The zero-order valence-corrected chi connectivity index (χ0v) is 14.6. The summed E-state index contributed by atoms with van der Waals surface area (Å²) in [5.41, 5.74) is 5.62. The zero-order valence-electron chi connectivity index (χ0n) is 14.6. The first-order valence-electron chi connectivity index (χ1n) is 8.46. The fourth-order valence-electron chi connectivity index (χ4n) is 3.07. The number of aryl methyl sites for hydroxylation is 4. The van der Waals surface area contributed by atoms with Gasteiger partial charge in [0.25, 0.3) is 5.91 Å². The molecule has 0 fully saturated rings. The van der Waals surface area contributed by atoms with Gasteiger partial charge in [0.1, 0.15) is 0 Å². The Kier molecular flexibility index (Phi) is 4.70. The number of hydrogen-bond acceptors (Lipinski definition) is 1. The highest BCUT2D eigenvalue weighted by atomic mass is 16.1. The standard InChI is InChI=1S/C21H24N2O/c1-15-9-10-19(13-16(15)2)21(24)22-11-6-12-23-17(3)14-18-7-4-5-8-20(18)23/h4-5,7-10,13-14H,6,11-12H2,1-3H3,(H,22,24). The molecule has 24 heavy (non-hydrogen) atoms. The minimum atomic E-state index is 0.00665. The molecule has 0 bridgehead atoms. The normalized spacial score (nSPS) is 11.0. The Balaban J connectivity index is 1.57. The van der Waals surface area contributed by atoms with Crippen molar-refractivity contribution in [2.24, 2.45) is 0 Å². The van der Waals surface area contributed by atoms with Gasteiger partial charge in [0.15, 0.2) is 0 Å². The lowest BCUT2D eigenvalue weighted by Crippen LogP contribution is -2.25. The molecule has 0 saturated heterocycles. The predicted octanol–water partition coefficient (Wildman–Crippen LogP) is 4.39. The summed E-state index contributed by atoms with van der Waals surface area (Å²) >= 11 is 0. The number of rotatable bonds is 5. The van der Waals surface area contributed by atoms with Crippen LogP contribution in [0.2, 0.25) is 0 Å². The molecule has 0 saturated carbocycles. The molecule has 124 valence electrons. The van der Waals surface area contributed by atoms with Crippen molar-refractivity contribution in [1.29, 1.82) is 0 Å². The lowest BCUT2D eigenvalue weighted by Gasteiger charge is -2.10. The van der Waals surface area contributed by atoms with E-state index in [-0.39, 0.29) is 5.91 Å². The van der Waals surface area contributed by atoms with Gasteiger partial charge in [0, 0.05) is 29.9 Å². The summed E-state index contributed by atoms with van der Waals surface area (Å²) in [4.78, 5) is 12.2. The summed E-state index contributed by atoms with van der Waals surface area (Å²) < 4.78 is 2.32. The first-order valence-corrected chi connectivity index (χ1v) is 8.46. The fourth-order valence-corrected chi connectivity index (χ4v) is 3.07. The SMILES string of the molecule is Cc1ccc(C(=O)NCCCn2c(C)cc3ccccc32)cc1C. The van der Waals surface area contributed by atoms with Crippen LogP contribution < -0.4 is 5.32 Å². The number of carbonyl (C=O) groups is 1. The first-order chi connectivity index (χ1) is 11.6. The Morgan fingerprint density at radius 1 is 1.00 bits per heavy atom. The highest BCUT2D eigenvalue weighted by Crippen LogP contribution is 2.19. The average Bonchev–Trinajstić information content (AvgIpc) is 2.89. The third-order valence-corrected chi connectivity index (χ3v) is 4.63. The second-order valence-corrected chi connectivity index (χ2v) is 6.40. The van der Waals surface area contributed by atoms with Crippen molar-refractivity contribution in [1.82, 2.24) is 9.88 Å². The number of benzene rings is 2. The molecule has 0 spiro atoms. The number of carbonyl (C=O) groups excluding carboxylic acids is 1. The van der Waals surface area contributed by atoms with E-state index in [1.807, 2.05) is 25.1 Å². The molecule has 3 nitrogen and oxygen atoms in total. The number of aromatic nitrogens is 1. The lowest BCUT2D eigenvalue weighted by molar-refractivity contribution is 0.0952. The number of hydrogen-bond donors (Lipinski definition) is 1. The van der Waals surface area contributed by atoms with Gasteiger partial charge < -0.3 is 9.88 Å². The van der Waals surface area contributed by atoms with Gasteiger partial charge >= 0.3 is 0 Å². The van der Waals surface area contributed by atoms with E-state index >= 15 is 0 Å². The van der Waals surface area contributed by atoms with Crippen LogP contribution in [0.15, 0.2) is 48.5 Å². The van der Waals surface area contributed by atoms with Crippen molar-refractivity contribution in [2.45, 2.75) is 33.7 Å². The summed E-state index contributed by atoms with van der Waals surface area (Å²) in [6, 6.07) is 16.5. The molecule has 1 aromatic heterocycles. The maximum Gasteiger partial charge on any atom is 0.251 e. The predicted molar refractivity (Wildman–Crippen MR) is 99.5 cm³/mol. The molecule has 0 aliphatic rings. The van der Waals surface area contributed by atoms with Crippen LogP contribution >= 0.6 is 0 Å². The van der Waals surface area contributed by atoms with Gasteiger partial charge in [-0.1, -0.05) is 24.3 Å². The summed E-state index contributed by atoms with van der Waals surface area (Å²) in [5.74, 6) is 0.00665. The molecule has 3 aromatic rings. The zero-order chi connectivity index (χ0) is 17.1. The first kappa shape index (κ1) is 16.3. The van der Waals surface area contributed by atoms with Crippen LogP contribution in [0, 0.1) is 20.8 Å². The summed E-state index contributed by atoms with van der Waals surface area (Å²) in [7, 11) is 0. The van der Waals surface area contributed by atoms with Gasteiger partial charge in [-0.2, -0.15) is 0 Å². The van der Waals surface area contributed by atoms with E-state index in [4.69, 9.17) is 0 Å². The Labute approximate surface area is 143 Å². The molecule has 1 amide bonds. The van der Waals surface area contributed by atoms with Gasteiger partial charge in [-0.15, -0.1) is 0 Å². The molecule has 3 heteroatoms. The molecular weight excluding hydrogens is 296 g/mol. The van der Waals surface area contributed by atoms with Crippen LogP contribution in [0.25, 0.3) is 10.9 Å². The van der Waals surface area contributed by atoms with Crippen LogP contribution in [-0.2, 0) is 6.54 Å². The van der Waals surface area contributed by atoms with Gasteiger partial charge in [-0.25, -0.2) is 0 Å². The number of amides is 1. The van der Waals surface area contributed by atoms with Crippen molar-refractivity contribution in [3.8, 4) is 0 Å². The lowest BCUT2D eigenvalue weighted by atomic mass is 10.1. The third kappa shape index (κ3) is 3.35. The van der Waals surface area contributed by atoms with Gasteiger partial charge in [0.05, 0.1) is 0 Å². The van der Waals surface area contributed by atoms with E-state index in [1.165, 1.54) is 22.2 Å². The van der Waals surface area contributed by atoms with E-state index in [2.05, 4.69) is 54.1 Å². The number of fused-ring (bicyclic) bond motifs is 1. The molecule has 0 atom stereocenters. The number of para-hydroxylation sites is 1. The Hall–Kier alpha value is -2.55. The van der Waals surface area contributed by atoms with E-state index in [1.54, 1.807) is 0 Å². The highest BCUT2D eigenvalue weighted by Gasteiger charge is 2.07. The summed E-state index contributed by atoms with van der Waals surface area (Å²) in [5, 5.41) is 4.30. The molecule has 1 N–H and O–H groups in total. The van der Waals surface area contributed by atoms with Crippen molar-refractivity contribution < 1.29 is 4.79 Å². The van der Waals surface area contributed by atoms with Gasteiger partial charge in [-0.3, -0.25) is 4.79 Å². The maximum absolute atomic E-state index is 12.2. The van der Waals surface area contributed by atoms with E-state index in [0.29, 0.717) is 6.54 Å². The Bertz CT molecular complexity index is 877. The summed E-state index contributed by atoms with van der Waals surface area (Å²) in [6.45, 7) is 7.81. The second-order valence-electron chi connectivity index (χ2n) is 6.40. The van der Waals surface area contributed by atoms with Gasteiger partial charge in [0.2, 0.25) is 0 Å². The third-order valence-electron chi connectivity index (χ3n) is 4.63. The molecule has 2 aromatic carbocycles. The molecule has 3 rings (SSSR count). The topological polar surface area (TPSA) is 34.0 Å². The molecule has 0 unspecified atom stereocenters.